The number of carbonyl (C=O) groups is 4. The predicted molar refractivity (Wildman–Crippen MR) is 136 cm³/mol. The van der Waals surface area contributed by atoms with Crippen LogP contribution in [-0.4, -0.2) is 30.2 Å². The Labute approximate surface area is 210 Å². The average molecular weight is 487 g/mol. The second kappa shape index (κ2) is 9.04. The van der Waals surface area contributed by atoms with Crippen molar-refractivity contribution in [2.24, 2.45) is 23.7 Å². The van der Waals surface area contributed by atoms with Crippen molar-refractivity contribution in [2.75, 3.05) is 16.3 Å². The third kappa shape index (κ3) is 3.92. The Morgan fingerprint density at radius 3 is 2.47 bits per heavy atom. The summed E-state index contributed by atoms with van der Waals surface area (Å²) in [6, 6.07) is 10.7. The number of ether oxygens (including phenoxy) is 1. The first kappa shape index (κ1) is 24.0. The van der Waals surface area contributed by atoms with Gasteiger partial charge in [0.25, 0.3) is 0 Å². The highest BCUT2D eigenvalue weighted by atomic mass is 16.5. The molecule has 0 N–H and O–H groups in total. The monoisotopic (exact) mass is 486 g/mol. The number of hydrogen-bond donors (Lipinski definition) is 0. The number of aryl methyl sites for hydroxylation is 2. The summed E-state index contributed by atoms with van der Waals surface area (Å²) >= 11 is 0. The van der Waals surface area contributed by atoms with Gasteiger partial charge in [-0.05, 0) is 74.1 Å². The Morgan fingerprint density at radius 1 is 0.972 bits per heavy atom. The van der Waals surface area contributed by atoms with Crippen molar-refractivity contribution in [3.8, 4) is 5.75 Å². The normalized spacial score (nSPS) is 25.5. The van der Waals surface area contributed by atoms with E-state index in [4.69, 9.17) is 4.74 Å². The zero-order valence-electron chi connectivity index (χ0n) is 21.0. The lowest BCUT2D eigenvalue weighted by Gasteiger charge is -2.22. The van der Waals surface area contributed by atoms with Crippen molar-refractivity contribution in [1.82, 2.24) is 0 Å². The lowest BCUT2D eigenvalue weighted by atomic mass is 9.78. The van der Waals surface area contributed by atoms with Gasteiger partial charge < -0.3 is 9.64 Å². The molecular formula is C29H30N2O5. The second-order valence-electron chi connectivity index (χ2n) is 10.2. The minimum absolute atomic E-state index is 0.0167. The Hall–Kier alpha value is -3.74. The second-order valence-corrected chi connectivity index (χ2v) is 10.2. The van der Waals surface area contributed by atoms with Crippen LogP contribution >= 0.6 is 0 Å². The van der Waals surface area contributed by atoms with E-state index < -0.39 is 11.9 Å². The van der Waals surface area contributed by atoms with Crippen LogP contribution < -0.4 is 14.5 Å². The molecule has 2 aliphatic heterocycles. The molecule has 186 valence electrons. The van der Waals surface area contributed by atoms with Gasteiger partial charge in [-0.25, -0.2) is 4.90 Å². The number of allylic oxidation sites excluding steroid dienone is 2. The Morgan fingerprint density at radius 2 is 1.75 bits per heavy atom. The van der Waals surface area contributed by atoms with Crippen molar-refractivity contribution >= 4 is 35.1 Å². The largest absolute Gasteiger partial charge is 0.426 e. The molecule has 0 spiro atoms. The number of rotatable bonds is 4. The molecule has 36 heavy (non-hydrogen) atoms. The number of benzene rings is 2. The number of esters is 1. The van der Waals surface area contributed by atoms with Crippen LogP contribution in [0.1, 0.15) is 36.5 Å². The number of imide groups is 1. The fraction of sp³-hybridized carbons (Fsp3) is 0.379. The summed E-state index contributed by atoms with van der Waals surface area (Å²) in [5.74, 6) is -1.81. The van der Waals surface area contributed by atoms with Gasteiger partial charge in [0, 0.05) is 18.7 Å². The summed E-state index contributed by atoms with van der Waals surface area (Å²) in [7, 11) is 0. The van der Waals surface area contributed by atoms with E-state index in [1.54, 1.807) is 30.0 Å². The Balaban J connectivity index is 1.30. The maximum Gasteiger partial charge on any atom is 0.316 e. The molecule has 7 nitrogen and oxygen atoms in total. The van der Waals surface area contributed by atoms with Crippen molar-refractivity contribution in [2.45, 2.75) is 40.5 Å². The number of carbonyl (C=O) groups excluding carboxylic acids is 4. The number of hydrogen-bond acceptors (Lipinski definition) is 5. The van der Waals surface area contributed by atoms with E-state index >= 15 is 0 Å². The van der Waals surface area contributed by atoms with Crippen LogP contribution in [0.4, 0.5) is 11.4 Å². The third-order valence-electron chi connectivity index (χ3n) is 7.83. The van der Waals surface area contributed by atoms with Crippen LogP contribution in [0.2, 0.25) is 0 Å². The molecule has 0 radical (unpaired) electrons. The van der Waals surface area contributed by atoms with Crippen LogP contribution in [0.25, 0.3) is 0 Å². The number of anilines is 2. The van der Waals surface area contributed by atoms with Crippen molar-refractivity contribution in [3.05, 3.63) is 65.2 Å². The molecule has 4 atom stereocenters. The minimum atomic E-state index is -0.573. The van der Waals surface area contributed by atoms with Gasteiger partial charge in [-0.15, -0.1) is 0 Å². The Bertz CT molecular complexity index is 1310. The standard InChI is InChI=1S/C29H30N2O5/c1-16-7-6-10-24(19(16)4)30-15-20(14-25(30)32)29(35)36-21-11-12-23(18(3)13-21)31-27(33)22-9-5-8-17(2)26(22)28(31)34/h5-8,10-13,17,20,22,26H,9,14-15H2,1-4H3/t17-,20+,22+,26-/m0/s1. The van der Waals surface area contributed by atoms with Crippen molar-refractivity contribution in [1.29, 1.82) is 0 Å². The van der Waals surface area contributed by atoms with Gasteiger partial charge >= 0.3 is 5.97 Å². The number of fused-ring (bicyclic) bond motifs is 1. The maximum absolute atomic E-state index is 13.1. The smallest absolute Gasteiger partial charge is 0.316 e. The summed E-state index contributed by atoms with van der Waals surface area (Å²) < 4.78 is 5.63. The molecular weight excluding hydrogens is 456 g/mol. The molecule has 2 heterocycles. The van der Waals surface area contributed by atoms with E-state index in [0.29, 0.717) is 23.4 Å². The van der Waals surface area contributed by atoms with Gasteiger partial charge in [-0.1, -0.05) is 31.2 Å². The molecule has 1 aliphatic carbocycles. The third-order valence-corrected chi connectivity index (χ3v) is 7.83. The molecule has 0 saturated carbocycles. The highest BCUT2D eigenvalue weighted by molar-refractivity contribution is 6.22. The molecule has 2 fully saturated rings. The lowest BCUT2D eigenvalue weighted by molar-refractivity contribution is -0.139. The highest BCUT2D eigenvalue weighted by Crippen LogP contribution is 2.41. The fourth-order valence-electron chi connectivity index (χ4n) is 5.65. The predicted octanol–water partition coefficient (Wildman–Crippen LogP) is 4.27. The van der Waals surface area contributed by atoms with Crippen LogP contribution in [0.3, 0.4) is 0 Å². The van der Waals surface area contributed by atoms with E-state index in [1.165, 1.54) is 4.90 Å². The molecule has 0 bridgehead atoms. The van der Waals surface area contributed by atoms with E-state index in [0.717, 1.165) is 16.8 Å². The molecule has 0 unspecified atom stereocenters. The van der Waals surface area contributed by atoms with Crippen molar-refractivity contribution < 1.29 is 23.9 Å². The molecule has 2 aromatic rings. The molecule has 7 heteroatoms. The quantitative estimate of drug-likeness (QED) is 0.279. The zero-order valence-corrected chi connectivity index (χ0v) is 21.0. The highest BCUT2D eigenvalue weighted by Gasteiger charge is 2.50. The van der Waals surface area contributed by atoms with Crippen LogP contribution in [0, 0.1) is 44.4 Å². The van der Waals surface area contributed by atoms with E-state index in [-0.39, 0.29) is 48.4 Å². The van der Waals surface area contributed by atoms with Gasteiger partial charge in [0.15, 0.2) is 0 Å². The molecule has 3 aliphatic rings. The topological polar surface area (TPSA) is 84.0 Å². The zero-order chi connectivity index (χ0) is 25.7. The molecule has 5 rings (SSSR count). The van der Waals surface area contributed by atoms with Crippen LogP contribution in [0.5, 0.6) is 5.75 Å². The summed E-state index contributed by atoms with van der Waals surface area (Å²) in [4.78, 5) is 54.7. The number of amides is 3. The minimum Gasteiger partial charge on any atom is -0.426 e. The fourth-order valence-corrected chi connectivity index (χ4v) is 5.65. The molecule has 2 aromatic carbocycles. The summed E-state index contributed by atoms with van der Waals surface area (Å²) in [6.07, 6.45) is 4.64. The molecule has 2 saturated heterocycles. The lowest BCUT2D eigenvalue weighted by Crippen LogP contribution is -2.32. The van der Waals surface area contributed by atoms with Crippen LogP contribution in [0.15, 0.2) is 48.6 Å². The first-order valence-corrected chi connectivity index (χ1v) is 12.4. The van der Waals surface area contributed by atoms with E-state index in [1.807, 2.05) is 51.1 Å². The van der Waals surface area contributed by atoms with Gasteiger partial charge in [-0.2, -0.15) is 0 Å². The van der Waals surface area contributed by atoms with Gasteiger partial charge in [0.1, 0.15) is 5.75 Å². The van der Waals surface area contributed by atoms with Gasteiger partial charge in [0.2, 0.25) is 17.7 Å². The summed E-state index contributed by atoms with van der Waals surface area (Å²) in [6.45, 7) is 7.98. The van der Waals surface area contributed by atoms with Crippen LogP contribution in [-0.2, 0) is 19.2 Å². The maximum atomic E-state index is 13.1. The first-order valence-electron chi connectivity index (χ1n) is 12.4. The molecule has 3 amide bonds. The van der Waals surface area contributed by atoms with E-state index in [2.05, 4.69) is 0 Å². The van der Waals surface area contributed by atoms with E-state index in [9.17, 15) is 19.2 Å². The summed E-state index contributed by atoms with van der Waals surface area (Å²) in [5, 5.41) is 0. The Kier molecular flexibility index (Phi) is 6.02. The van der Waals surface area contributed by atoms with Gasteiger partial charge in [0.05, 0.1) is 23.4 Å². The SMILES string of the molecule is Cc1cc(OC(=O)[C@@H]2CC(=O)N(c3cccc(C)c3C)C2)ccc1N1C(=O)[C@H]2[C@@H](C)C=CC[C@H]2C1=O. The average Bonchev–Trinajstić information content (AvgIpc) is 3.34. The number of nitrogens with zero attached hydrogens (tertiary/aromatic N) is 2. The van der Waals surface area contributed by atoms with Gasteiger partial charge in [-0.3, -0.25) is 19.2 Å². The molecule has 0 aromatic heterocycles. The first-order chi connectivity index (χ1) is 17.2. The van der Waals surface area contributed by atoms with Crippen molar-refractivity contribution in [3.63, 3.8) is 0 Å². The summed E-state index contributed by atoms with van der Waals surface area (Å²) in [5.41, 5.74) is 4.11.